The van der Waals surface area contributed by atoms with E-state index >= 15 is 0 Å². The first-order valence-electron chi connectivity index (χ1n) is 6.56. The lowest BCUT2D eigenvalue weighted by molar-refractivity contribution is -0.120. The van der Waals surface area contributed by atoms with E-state index in [9.17, 15) is 4.79 Å². The number of hydrogen-bond donors (Lipinski definition) is 1. The minimum atomic E-state index is -0.208. The van der Waals surface area contributed by atoms with Crippen LogP contribution in [0.1, 0.15) is 16.3 Å². The molecular weight excluding hydrogens is 302 g/mol. The first-order valence-corrected chi connectivity index (χ1v) is 7.44. The average molecular weight is 319 g/mol. The summed E-state index contributed by atoms with van der Waals surface area (Å²) in [6, 6.07) is 5.35. The van der Waals surface area contributed by atoms with Gasteiger partial charge in [0.25, 0.3) is 0 Å². The smallest absolute Gasteiger partial charge is 0.246 e. The molecule has 0 aliphatic heterocycles. The van der Waals surface area contributed by atoms with Gasteiger partial charge in [0, 0.05) is 22.7 Å². The summed E-state index contributed by atoms with van der Waals surface area (Å²) in [4.78, 5) is 16.0. The van der Waals surface area contributed by atoms with Crippen molar-refractivity contribution in [1.29, 1.82) is 0 Å². The van der Waals surface area contributed by atoms with Gasteiger partial charge in [0.1, 0.15) is 16.5 Å². The summed E-state index contributed by atoms with van der Waals surface area (Å²) in [6.45, 7) is 1.90. The maximum atomic E-state index is 11.8. The monoisotopic (exact) mass is 319 g/mol. The van der Waals surface area contributed by atoms with Gasteiger partial charge in [0.05, 0.1) is 26.9 Å². The van der Waals surface area contributed by atoms with E-state index in [0.717, 1.165) is 16.3 Å². The zero-order chi connectivity index (χ0) is 15.9. The van der Waals surface area contributed by atoms with Gasteiger partial charge in [-0.15, -0.1) is 11.3 Å². The van der Waals surface area contributed by atoms with Crippen LogP contribution in [0.15, 0.2) is 28.7 Å². The molecule has 1 aromatic heterocycles. The number of aromatic nitrogens is 1. The zero-order valence-electron chi connectivity index (χ0n) is 12.6. The minimum absolute atomic E-state index is 0.208. The largest absolute Gasteiger partial charge is 0.497 e. The molecule has 0 fully saturated rings. The van der Waals surface area contributed by atoms with Gasteiger partial charge in [-0.3, -0.25) is 4.79 Å². The van der Waals surface area contributed by atoms with Crippen LogP contribution in [0.25, 0.3) is 0 Å². The number of hydrogen-bond acceptors (Lipinski definition) is 6. The number of nitrogens with one attached hydrogen (secondary N) is 1. The van der Waals surface area contributed by atoms with E-state index in [1.165, 1.54) is 17.6 Å². The van der Waals surface area contributed by atoms with E-state index in [1.54, 1.807) is 32.4 Å². The van der Waals surface area contributed by atoms with Crippen molar-refractivity contribution >= 4 is 23.5 Å². The summed E-state index contributed by atoms with van der Waals surface area (Å²) in [7, 11) is 3.15. The molecule has 0 radical (unpaired) electrons. The molecule has 22 heavy (non-hydrogen) atoms. The molecule has 0 atom stereocenters. The Kier molecular flexibility index (Phi) is 5.48. The number of carbonyl (C=O) groups is 1. The summed E-state index contributed by atoms with van der Waals surface area (Å²) in [5, 5.41) is 6.62. The molecular formula is C15H17N3O3S. The van der Waals surface area contributed by atoms with Crippen molar-refractivity contribution in [2.45, 2.75) is 13.3 Å². The van der Waals surface area contributed by atoms with Gasteiger partial charge < -0.3 is 9.47 Å². The van der Waals surface area contributed by atoms with Crippen molar-refractivity contribution in [3.8, 4) is 11.5 Å². The number of nitrogens with zero attached hydrogens (tertiary/aromatic N) is 2. The van der Waals surface area contributed by atoms with Crippen molar-refractivity contribution in [1.82, 2.24) is 10.4 Å². The summed E-state index contributed by atoms with van der Waals surface area (Å²) in [6.07, 6.45) is 1.76. The molecule has 1 aromatic carbocycles. The fraction of sp³-hybridized carbons (Fsp3) is 0.267. The molecule has 6 nitrogen and oxygen atoms in total. The Morgan fingerprint density at radius 3 is 2.55 bits per heavy atom. The standard InChI is InChI=1S/C15H17N3O3S/c1-10-9-22-15(17-10)7-14(19)18-16-8-11-4-12(20-2)6-13(5-11)21-3/h4-6,8-9H,7H2,1-3H3,(H,18,19)/b16-8-. The van der Waals surface area contributed by atoms with Crippen LogP contribution in [-0.4, -0.2) is 31.3 Å². The summed E-state index contributed by atoms with van der Waals surface area (Å²) < 4.78 is 10.3. The highest BCUT2D eigenvalue weighted by Crippen LogP contribution is 2.21. The molecule has 1 N–H and O–H groups in total. The Balaban J connectivity index is 1.95. The second-order valence-electron chi connectivity index (χ2n) is 4.50. The van der Waals surface area contributed by atoms with Gasteiger partial charge in [-0.1, -0.05) is 0 Å². The third-order valence-electron chi connectivity index (χ3n) is 2.76. The third-order valence-corrected chi connectivity index (χ3v) is 3.72. The predicted molar refractivity (Wildman–Crippen MR) is 85.8 cm³/mol. The molecule has 2 rings (SSSR count). The Bertz CT molecular complexity index is 660. The lowest BCUT2D eigenvalue weighted by Gasteiger charge is -2.05. The van der Waals surface area contributed by atoms with Crippen LogP contribution < -0.4 is 14.9 Å². The minimum Gasteiger partial charge on any atom is -0.497 e. The lowest BCUT2D eigenvalue weighted by Crippen LogP contribution is -2.19. The SMILES string of the molecule is COc1cc(/C=N\NC(=O)Cc2nc(C)cs2)cc(OC)c1. The van der Waals surface area contributed by atoms with E-state index < -0.39 is 0 Å². The highest BCUT2D eigenvalue weighted by Gasteiger charge is 2.05. The quantitative estimate of drug-likeness (QED) is 0.654. The van der Waals surface area contributed by atoms with Crippen LogP contribution in [0.5, 0.6) is 11.5 Å². The van der Waals surface area contributed by atoms with Gasteiger partial charge in [0.15, 0.2) is 0 Å². The number of methoxy groups -OCH3 is 2. The molecule has 0 aliphatic carbocycles. The molecule has 1 amide bonds. The van der Waals surface area contributed by atoms with Crippen molar-refractivity contribution in [3.63, 3.8) is 0 Å². The van der Waals surface area contributed by atoms with Crippen molar-refractivity contribution in [2.75, 3.05) is 14.2 Å². The Morgan fingerprint density at radius 2 is 2.00 bits per heavy atom. The van der Waals surface area contributed by atoms with Crippen molar-refractivity contribution in [2.24, 2.45) is 5.10 Å². The number of amides is 1. The normalized spacial score (nSPS) is 10.7. The Labute approximate surface area is 132 Å². The van der Waals surface area contributed by atoms with Crippen LogP contribution in [-0.2, 0) is 11.2 Å². The van der Waals surface area contributed by atoms with Crippen molar-refractivity contribution < 1.29 is 14.3 Å². The van der Waals surface area contributed by atoms with E-state index in [4.69, 9.17) is 9.47 Å². The molecule has 1 heterocycles. The average Bonchev–Trinajstić information content (AvgIpc) is 2.91. The fourth-order valence-corrected chi connectivity index (χ4v) is 2.51. The van der Waals surface area contributed by atoms with Crippen LogP contribution in [0.2, 0.25) is 0 Å². The topological polar surface area (TPSA) is 72.8 Å². The first kappa shape index (κ1) is 16.0. The first-order chi connectivity index (χ1) is 10.6. The van der Waals surface area contributed by atoms with Crippen LogP contribution >= 0.6 is 11.3 Å². The Hall–Kier alpha value is -2.41. The van der Waals surface area contributed by atoms with E-state index in [2.05, 4.69) is 15.5 Å². The molecule has 0 unspecified atom stereocenters. The van der Waals surface area contributed by atoms with Crippen LogP contribution in [0, 0.1) is 6.92 Å². The number of rotatable bonds is 6. The van der Waals surface area contributed by atoms with E-state index in [-0.39, 0.29) is 12.3 Å². The maximum absolute atomic E-state index is 11.8. The zero-order valence-corrected chi connectivity index (χ0v) is 13.4. The molecule has 0 aliphatic rings. The maximum Gasteiger partial charge on any atom is 0.246 e. The number of aryl methyl sites for hydroxylation is 1. The van der Waals surface area contributed by atoms with E-state index in [0.29, 0.717) is 11.5 Å². The number of thiazole rings is 1. The lowest BCUT2D eigenvalue weighted by atomic mass is 10.2. The molecule has 0 saturated carbocycles. The fourth-order valence-electron chi connectivity index (χ4n) is 1.74. The van der Waals surface area contributed by atoms with Gasteiger partial charge in [0.2, 0.25) is 5.91 Å². The molecule has 116 valence electrons. The Morgan fingerprint density at radius 1 is 1.32 bits per heavy atom. The van der Waals surface area contributed by atoms with Crippen LogP contribution in [0.4, 0.5) is 0 Å². The highest BCUT2D eigenvalue weighted by atomic mass is 32.1. The van der Waals surface area contributed by atoms with Gasteiger partial charge in [-0.25, -0.2) is 10.4 Å². The third kappa shape index (κ3) is 4.56. The molecule has 0 bridgehead atoms. The molecule has 0 saturated heterocycles. The number of benzene rings is 1. The second-order valence-corrected chi connectivity index (χ2v) is 5.44. The predicted octanol–water partition coefficient (Wildman–Crippen LogP) is 2.16. The van der Waals surface area contributed by atoms with E-state index in [1.807, 2.05) is 12.3 Å². The number of ether oxygens (including phenoxy) is 2. The summed E-state index contributed by atoms with van der Waals surface area (Å²) in [5.41, 5.74) is 4.16. The van der Waals surface area contributed by atoms with Gasteiger partial charge >= 0.3 is 0 Å². The molecule has 0 spiro atoms. The van der Waals surface area contributed by atoms with Gasteiger partial charge in [-0.05, 0) is 19.1 Å². The summed E-state index contributed by atoms with van der Waals surface area (Å²) >= 11 is 1.46. The molecule has 7 heteroatoms. The number of hydrazone groups is 1. The number of carbonyl (C=O) groups excluding carboxylic acids is 1. The molecule has 2 aromatic rings. The van der Waals surface area contributed by atoms with Gasteiger partial charge in [-0.2, -0.15) is 5.10 Å². The highest BCUT2D eigenvalue weighted by molar-refractivity contribution is 7.09. The summed E-state index contributed by atoms with van der Waals surface area (Å²) in [5.74, 6) is 1.11. The second kappa shape index (κ2) is 7.56. The van der Waals surface area contributed by atoms with Crippen molar-refractivity contribution in [3.05, 3.63) is 39.8 Å². The van der Waals surface area contributed by atoms with Crippen LogP contribution in [0.3, 0.4) is 0 Å².